The predicted octanol–water partition coefficient (Wildman–Crippen LogP) is 1.54. The average molecular weight is 526 g/mol. The van der Waals surface area contributed by atoms with Crippen molar-refractivity contribution < 1.29 is 18.5 Å². The third-order valence-electron chi connectivity index (χ3n) is 6.56. The van der Waals surface area contributed by atoms with Crippen molar-refractivity contribution in [1.82, 2.24) is 20.3 Å². The van der Waals surface area contributed by atoms with Gasteiger partial charge in [0.05, 0.1) is 35.2 Å². The van der Waals surface area contributed by atoms with Crippen LogP contribution >= 0.6 is 0 Å². The number of rotatable bonds is 5. The molecule has 11 nitrogen and oxygen atoms in total. The maximum atomic E-state index is 12.8. The van der Waals surface area contributed by atoms with Crippen LogP contribution in [0.15, 0.2) is 17.2 Å². The zero-order valence-corrected chi connectivity index (χ0v) is 22.3. The molecule has 0 saturated carbocycles. The summed E-state index contributed by atoms with van der Waals surface area (Å²) >= 11 is 0. The van der Waals surface area contributed by atoms with Gasteiger partial charge in [0.2, 0.25) is 5.95 Å². The van der Waals surface area contributed by atoms with Gasteiger partial charge in [0, 0.05) is 56.2 Å². The van der Waals surface area contributed by atoms with Gasteiger partial charge >= 0.3 is 6.09 Å². The minimum atomic E-state index is -1.17. The zero-order chi connectivity index (χ0) is 26.2. The molecule has 1 saturated heterocycles. The minimum Gasteiger partial charge on any atom is -0.487 e. The molecule has 0 aliphatic carbocycles. The van der Waals surface area contributed by atoms with E-state index in [9.17, 15) is 9.00 Å². The molecule has 37 heavy (non-hydrogen) atoms. The molecule has 0 aromatic carbocycles. The number of fused-ring (bicyclic) bond motifs is 4. The van der Waals surface area contributed by atoms with Crippen molar-refractivity contribution in [3.05, 3.63) is 23.5 Å². The summed E-state index contributed by atoms with van der Waals surface area (Å²) in [5, 5.41) is 6.11. The van der Waals surface area contributed by atoms with Gasteiger partial charge in [0.25, 0.3) is 0 Å². The van der Waals surface area contributed by atoms with Crippen LogP contribution in [0.4, 0.5) is 22.4 Å². The Balaban J connectivity index is 1.37. The molecule has 2 atom stereocenters. The molecule has 5 heterocycles. The first kappa shape index (κ1) is 25.1. The Kier molecular flexibility index (Phi) is 6.81. The van der Waals surface area contributed by atoms with E-state index in [0.29, 0.717) is 55.1 Å². The van der Waals surface area contributed by atoms with E-state index >= 15 is 0 Å². The number of ether oxygens (including phenoxy) is 2. The summed E-state index contributed by atoms with van der Waals surface area (Å²) < 4.78 is 23.5. The van der Waals surface area contributed by atoms with Crippen molar-refractivity contribution in [3.63, 3.8) is 0 Å². The molecular weight excluding hydrogens is 494 g/mol. The van der Waals surface area contributed by atoms with Crippen LogP contribution < -0.4 is 25.2 Å². The number of nitrogens with one attached hydrogen (secondary N) is 2. The summed E-state index contributed by atoms with van der Waals surface area (Å²) in [6.45, 7) is 8.64. The Hall–Kier alpha value is -3.59. The number of aryl methyl sites for hydroxylation is 1. The molecule has 0 radical (unpaired) electrons. The molecule has 0 unspecified atom stereocenters. The van der Waals surface area contributed by atoms with Crippen LogP contribution in [0, 0.1) is 11.8 Å². The van der Waals surface area contributed by atoms with Crippen molar-refractivity contribution in [2.45, 2.75) is 43.7 Å². The van der Waals surface area contributed by atoms with Crippen LogP contribution in [-0.2, 0) is 22.0 Å². The third-order valence-corrected chi connectivity index (χ3v) is 8.02. The van der Waals surface area contributed by atoms with Crippen LogP contribution in [0.25, 0.3) is 0 Å². The number of alkyl carbamates (subject to hydrolysis) is 1. The normalized spacial score (nSPS) is 20.0. The lowest BCUT2D eigenvalue weighted by Crippen LogP contribution is -2.58. The molecule has 2 aromatic rings. The fraction of sp³-hybridized carbons (Fsp3) is 0.520. The Labute approximate surface area is 218 Å². The monoisotopic (exact) mass is 525 g/mol. The highest BCUT2D eigenvalue weighted by Crippen LogP contribution is 2.36. The zero-order valence-electron chi connectivity index (χ0n) is 21.5. The Morgan fingerprint density at radius 2 is 2.19 bits per heavy atom. The van der Waals surface area contributed by atoms with E-state index in [0.717, 1.165) is 29.4 Å². The van der Waals surface area contributed by atoms with Crippen molar-refractivity contribution in [1.29, 1.82) is 0 Å². The van der Waals surface area contributed by atoms with E-state index in [4.69, 9.17) is 14.7 Å². The van der Waals surface area contributed by atoms with Crippen LogP contribution in [0.1, 0.15) is 32.0 Å². The molecule has 2 N–H and O–H groups in total. The second kappa shape index (κ2) is 10.0. The second-order valence-electron chi connectivity index (χ2n) is 9.83. The summed E-state index contributed by atoms with van der Waals surface area (Å²) in [4.78, 5) is 31.0. The standard InChI is InChI=1S/C25H31N7O4S/c1-5-6-16-11-19-22(26-12-16)32-9-8-31(13-17(32)14-36-19)23-28-18-7-10-37(34)20(18)21(29-23)30-25(2,3)15-27-24(33)35-4/h11-12,17H,7-10,13-15H2,1-4H3,(H,27,33)(H,28,29,30)/t17-,37+/m1/s1. The molecule has 196 valence electrons. The van der Waals surface area contributed by atoms with Gasteiger partial charge in [-0.05, 0) is 20.8 Å². The second-order valence-corrected chi connectivity index (χ2v) is 11.3. The van der Waals surface area contributed by atoms with Crippen molar-refractivity contribution in [2.75, 3.05) is 60.8 Å². The van der Waals surface area contributed by atoms with Gasteiger partial charge in [0.1, 0.15) is 17.3 Å². The van der Waals surface area contributed by atoms with Crippen LogP contribution in [0.3, 0.4) is 0 Å². The summed E-state index contributed by atoms with van der Waals surface area (Å²) in [7, 11) is 0.155. The number of aromatic nitrogens is 3. The number of pyridine rings is 1. The minimum absolute atomic E-state index is 0.0972. The highest BCUT2D eigenvalue weighted by atomic mass is 32.2. The summed E-state index contributed by atoms with van der Waals surface area (Å²) in [5.41, 5.74) is 1.08. The summed E-state index contributed by atoms with van der Waals surface area (Å²) in [6.07, 6.45) is 1.91. The maximum Gasteiger partial charge on any atom is 0.406 e. The number of piperazine rings is 1. The van der Waals surface area contributed by atoms with Gasteiger partial charge in [-0.1, -0.05) is 5.92 Å². The number of hydrogen-bond acceptors (Lipinski definition) is 10. The van der Waals surface area contributed by atoms with Gasteiger partial charge in [-0.2, -0.15) is 4.98 Å². The molecule has 3 aliphatic heterocycles. The molecule has 2 aromatic heterocycles. The lowest BCUT2D eigenvalue weighted by atomic mass is 10.1. The number of carbonyl (C=O) groups excluding carboxylic acids is 1. The first-order chi connectivity index (χ1) is 17.8. The molecule has 5 rings (SSSR count). The van der Waals surface area contributed by atoms with Crippen molar-refractivity contribution >= 4 is 34.5 Å². The van der Waals surface area contributed by atoms with E-state index in [-0.39, 0.29) is 6.04 Å². The molecule has 1 fully saturated rings. The van der Waals surface area contributed by atoms with Crippen molar-refractivity contribution in [2.24, 2.45) is 0 Å². The highest BCUT2D eigenvalue weighted by Gasteiger charge is 2.36. The molecule has 1 amide bonds. The first-order valence-electron chi connectivity index (χ1n) is 12.2. The highest BCUT2D eigenvalue weighted by molar-refractivity contribution is 7.85. The summed E-state index contributed by atoms with van der Waals surface area (Å²) in [6, 6.07) is 2.04. The van der Waals surface area contributed by atoms with E-state index in [1.165, 1.54) is 7.11 Å². The Morgan fingerprint density at radius 1 is 1.35 bits per heavy atom. The van der Waals surface area contributed by atoms with Crippen LogP contribution in [-0.4, -0.2) is 82.5 Å². The quantitative estimate of drug-likeness (QED) is 0.556. The topological polar surface area (TPSA) is 122 Å². The number of hydrogen-bond donors (Lipinski definition) is 2. The van der Waals surface area contributed by atoms with E-state index in [1.807, 2.05) is 19.9 Å². The number of carbonyl (C=O) groups is 1. The van der Waals surface area contributed by atoms with Gasteiger partial charge in [-0.25, -0.2) is 14.8 Å². The molecule has 3 aliphatic rings. The Morgan fingerprint density at radius 3 is 2.97 bits per heavy atom. The summed E-state index contributed by atoms with van der Waals surface area (Å²) in [5.74, 6) is 9.20. The van der Waals surface area contributed by atoms with Crippen molar-refractivity contribution in [3.8, 4) is 17.6 Å². The SMILES string of the molecule is CC#Cc1cnc2c(c1)OC[C@H]1CN(c3nc4c(c(NC(C)(C)CNC(=O)OC)n3)[S@@](=O)CC4)CCN21. The van der Waals surface area contributed by atoms with E-state index < -0.39 is 22.4 Å². The Bertz CT molecular complexity index is 1310. The fourth-order valence-corrected chi connectivity index (χ4v) is 6.06. The van der Waals surface area contributed by atoms with E-state index in [2.05, 4.69) is 42.0 Å². The molecular formula is C25H31N7O4S. The lowest BCUT2D eigenvalue weighted by Gasteiger charge is -2.44. The number of amides is 1. The maximum absolute atomic E-state index is 12.8. The number of anilines is 3. The lowest BCUT2D eigenvalue weighted by molar-refractivity contribution is 0.169. The largest absolute Gasteiger partial charge is 0.487 e. The number of methoxy groups -OCH3 is 1. The first-order valence-corrected chi connectivity index (χ1v) is 13.6. The molecule has 0 bridgehead atoms. The van der Waals surface area contributed by atoms with Gasteiger partial charge in [-0.3, -0.25) is 4.21 Å². The van der Waals surface area contributed by atoms with E-state index in [1.54, 1.807) is 13.1 Å². The fourth-order valence-electron chi connectivity index (χ4n) is 4.76. The average Bonchev–Trinajstić information content (AvgIpc) is 3.27. The predicted molar refractivity (Wildman–Crippen MR) is 141 cm³/mol. The smallest absolute Gasteiger partial charge is 0.406 e. The third kappa shape index (κ3) is 5.13. The van der Waals surface area contributed by atoms with Crippen LogP contribution in [0.2, 0.25) is 0 Å². The van der Waals surface area contributed by atoms with Gasteiger partial charge in [-0.15, -0.1) is 5.92 Å². The van der Waals surface area contributed by atoms with Crippen LogP contribution in [0.5, 0.6) is 5.75 Å². The van der Waals surface area contributed by atoms with Gasteiger partial charge < -0.3 is 29.9 Å². The number of nitrogens with zero attached hydrogens (tertiary/aromatic N) is 5. The molecule has 0 spiro atoms. The molecule has 12 heteroatoms. The van der Waals surface area contributed by atoms with Gasteiger partial charge in [0.15, 0.2) is 11.6 Å².